The molecule has 33 heavy (non-hydrogen) atoms. The second-order valence-electron chi connectivity index (χ2n) is 9.01. The van der Waals surface area contributed by atoms with E-state index in [0.29, 0.717) is 23.5 Å². The van der Waals surface area contributed by atoms with Crippen molar-refractivity contribution in [2.24, 2.45) is 10.7 Å². The average molecular weight is 447 g/mol. The van der Waals surface area contributed by atoms with Gasteiger partial charge in [-0.15, -0.1) is 0 Å². The third-order valence-electron chi connectivity index (χ3n) is 6.55. The number of piperidine rings is 1. The van der Waals surface area contributed by atoms with E-state index in [2.05, 4.69) is 38.2 Å². The highest BCUT2D eigenvalue weighted by Gasteiger charge is 2.26. The van der Waals surface area contributed by atoms with Gasteiger partial charge in [-0.2, -0.15) is 15.2 Å². The van der Waals surface area contributed by atoms with Gasteiger partial charge in [-0.05, 0) is 63.9 Å². The Morgan fingerprint density at radius 2 is 2.06 bits per heavy atom. The van der Waals surface area contributed by atoms with Gasteiger partial charge in [-0.1, -0.05) is 25.8 Å². The summed E-state index contributed by atoms with van der Waals surface area (Å²) in [7, 11) is 0. The predicted molar refractivity (Wildman–Crippen MR) is 133 cm³/mol. The molecular weight excluding hydrogens is 412 g/mol. The van der Waals surface area contributed by atoms with E-state index >= 15 is 0 Å². The Morgan fingerprint density at radius 1 is 1.24 bits per heavy atom. The summed E-state index contributed by atoms with van der Waals surface area (Å²) in [5.74, 6) is 1.51. The molecule has 8 heteroatoms. The van der Waals surface area contributed by atoms with Crippen LogP contribution in [0.25, 0.3) is 0 Å². The molecule has 1 unspecified atom stereocenters. The number of nitriles is 1. The van der Waals surface area contributed by atoms with Crippen LogP contribution in [-0.4, -0.2) is 52.5 Å². The number of likely N-dealkylation sites (N-methyl/N-ethyl adjacent to an activating group) is 1. The smallest absolute Gasteiger partial charge is 0.254 e. The molecule has 1 aromatic heterocycles. The van der Waals surface area contributed by atoms with E-state index in [-0.39, 0.29) is 6.04 Å². The average Bonchev–Trinajstić information content (AvgIpc) is 3.33. The minimum absolute atomic E-state index is 0.257. The molecule has 0 spiro atoms. The van der Waals surface area contributed by atoms with E-state index in [9.17, 15) is 5.26 Å². The molecular formula is C25H34N8. The molecule has 0 bridgehead atoms. The Kier molecular flexibility index (Phi) is 7.40. The lowest BCUT2D eigenvalue weighted by Gasteiger charge is -2.32. The van der Waals surface area contributed by atoms with Crippen molar-refractivity contribution in [2.45, 2.75) is 64.5 Å². The van der Waals surface area contributed by atoms with Crippen LogP contribution in [0, 0.1) is 18.3 Å². The van der Waals surface area contributed by atoms with Crippen molar-refractivity contribution in [1.29, 1.82) is 5.26 Å². The molecule has 1 aliphatic carbocycles. The van der Waals surface area contributed by atoms with Gasteiger partial charge in [0.2, 0.25) is 5.96 Å². The summed E-state index contributed by atoms with van der Waals surface area (Å²) in [6.45, 7) is 7.40. The van der Waals surface area contributed by atoms with E-state index in [1.165, 1.54) is 6.42 Å². The zero-order chi connectivity index (χ0) is 23.2. The van der Waals surface area contributed by atoms with Crippen molar-refractivity contribution in [3.63, 3.8) is 0 Å². The minimum atomic E-state index is 0.257. The molecule has 1 aromatic carbocycles. The summed E-state index contributed by atoms with van der Waals surface area (Å²) < 4.78 is 0. The highest BCUT2D eigenvalue weighted by Crippen LogP contribution is 2.29. The van der Waals surface area contributed by atoms with E-state index < -0.39 is 0 Å². The molecule has 0 radical (unpaired) electrons. The first-order valence-corrected chi connectivity index (χ1v) is 12.0. The zero-order valence-corrected chi connectivity index (χ0v) is 19.7. The maximum absolute atomic E-state index is 9.35. The van der Waals surface area contributed by atoms with E-state index in [4.69, 9.17) is 5.73 Å². The Morgan fingerprint density at radius 3 is 2.82 bits per heavy atom. The topological polar surface area (TPSA) is 106 Å². The molecule has 1 atom stereocenters. The Labute approximate surface area is 196 Å². The lowest BCUT2D eigenvalue weighted by atomic mass is 10.1. The van der Waals surface area contributed by atoms with Crippen molar-refractivity contribution in [2.75, 3.05) is 29.9 Å². The van der Waals surface area contributed by atoms with Crippen LogP contribution >= 0.6 is 0 Å². The number of guanidine groups is 1. The van der Waals surface area contributed by atoms with Gasteiger partial charge in [0.1, 0.15) is 5.82 Å². The SMILES string of the molecule is CCN1CCCC(Nc2cc(C)nc(/N=C(\N)N(c3cccc(C#N)c3)C3CCCC3)n2)C1. The van der Waals surface area contributed by atoms with Crippen LogP contribution in [0.1, 0.15) is 56.7 Å². The van der Waals surface area contributed by atoms with E-state index in [1.807, 2.05) is 36.1 Å². The van der Waals surface area contributed by atoms with E-state index in [1.54, 1.807) is 6.07 Å². The van der Waals surface area contributed by atoms with Gasteiger partial charge in [-0.25, -0.2) is 4.98 Å². The summed E-state index contributed by atoms with van der Waals surface area (Å²) in [6, 6.07) is 12.3. The first-order valence-electron chi connectivity index (χ1n) is 12.0. The number of aliphatic imine (C=N–C) groups is 1. The predicted octanol–water partition coefficient (Wildman–Crippen LogP) is 3.95. The lowest BCUT2D eigenvalue weighted by Crippen LogP contribution is -2.44. The summed E-state index contributed by atoms with van der Waals surface area (Å²) in [4.78, 5) is 18.3. The number of rotatable bonds is 6. The molecule has 1 saturated carbocycles. The van der Waals surface area contributed by atoms with E-state index in [0.717, 1.165) is 68.9 Å². The van der Waals surface area contributed by atoms with Crippen LogP contribution in [0.5, 0.6) is 0 Å². The summed E-state index contributed by atoms with van der Waals surface area (Å²) in [5, 5.41) is 12.9. The molecule has 174 valence electrons. The Balaban J connectivity index is 1.59. The van der Waals surface area contributed by atoms with Gasteiger partial charge in [0.05, 0.1) is 11.6 Å². The largest absolute Gasteiger partial charge is 0.369 e. The highest BCUT2D eigenvalue weighted by molar-refractivity contribution is 5.96. The number of hydrogen-bond acceptors (Lipinski definition) is 6. The van der Waals surface area contributed by atoms with Crippen molar-refractivity contribution >= 4 is 23.4 Å². The number of aromatic nitrogens is 2. The molecule has 2 heterocycles. The normalized spacial score (nSPS) is 19.9. The van der Waals surface area contributed by atoms with Crippen molar-refractivity contribution in [1.82, 2.24) is 14.9 Å². The fourth-order valence-electron chi connectivity index (χ4n) is 4.92. The van der Waals surface area contributed by atoms with Gasteiger partial charge in [-0.3, -0.25) is 0 Å². The van der Waals surface area contributed by atoms with Crippen molar-refractivity contribution in [3.8, 4) is 6.07 Å². The van der Waals surface area contributed by atoms with Gasteiger partial charge in [0.25, 0.3) is 5.95 Å². The number of nitrogens with two attached hydrogens (primary N) is 1. The number of hydrogen-bond donors (Lipinski definition) is 2. The summed E-state index contributed by atoms with van der Waals surface area (Å²) >= 11 is 0. The van der Waals surface area contributed by atoms with Gasteiger partial charge in [0.15, 0.2) is 0 Å². The van der Waals surface area contributed by atoms with Crippen LogP contribution in [0.4, 0.5) is 17.5 Å². The molecule has 8 nitrogen and oxygen atoms in total. The third-order valence-corrected chi connectivity index (χ3v) is 6.55. The number of anilines is 2. The van der Waals surface area contributed by atoms with Crippen LogP contribution in [0.2, 0.25) is 0 Å². The molecule has 2 aliphatic rings. The third kappa shape index (κ3) is 5.79. The first-order chi connectivity index (χ1) is 16.1. The number of likely N-dealkylation sites (tertiary alicyclic amines) is 1. The summed E-state index contributed by atoms with van der Waals surface area (Å²) in [6.07, 6.45) is 6.74. The monoisotopic (exact) mass is 446 g/mol. The molecule has 1 aliphatic heterocycles. The number of nitrogens with zero attached hydrogens (tertiary/aromatic N) is 6. The first kappa shape index (κ1) is 23.0. The summed E-state index contributed by atoms with van der Waals surface area (Å²) in [5.41, 5.74) is 8.90. The number of benzene rings is 1. The quantitative estimate of drug-likeness (QED) is 0.511. The molecule has 2 aromatic rings. The van der Waals surface area contributed by atoms with Crippen LogP contribution in [0.3, 0.4) is 0 Å². The maximum Gasteiger partial charge on any atom is 0.254 e. The number of aryl methyl sites for hydroxylation is 1. The lowest BCUT2D eigenvalue weighted by molar-refractivity contribution is 0.226. The van der Waals surface area contributed by atoms with Gasteiger partial charge < -0.3 is 20.9 Å². The van der Waals surface area contributed by atoms with Crippen LogP contribution < -0.4 is 16.0 Å². The van der Waals surface area contributed by atoms with Crippen molar-refractivity contribution < 1.29 is 0 Å². The van der Waals surface area contributed by atoms with Gasteiger partial charge >= 0.3 is 0 Å². The molecule has 1 saturated heterocycles. The Bertz CT molecular complexity index is 1020. The van der Waals surface area contributed by atoms with Crippen LogP contribution in [-0.2, 0) is 0 Å². The van der Waals surface area contributed by atoms with Crippen LogP contribution in [0.15, 0.2) is 35.3 Å². The van der Waals surface area contributed by atoms with Gasteiger partial charge in [0, 0.05) is 36.1 Å². The highest BCUT2D eigenvalue weighted by atomic mass is 15.3. The molecule has 3 N–H and O–H groups in total. The molecule has 2 fully saturated rings. The number of nitrogens with one attached hydrogen (secondary N) is 1. The Hall–Kier alpha value is -3.18. The second-order valence-corrected chi connectivity index (χ2v) is 9.01. The standard InChI is InChI=1S/C25H34N8/c1-3-32-13-7-9-20(17-32)29-23-14-18(2)28-25(30-23)31-24(27)33(21-10-4-5-11-21)22-12-6-8-19(15-22)16-26/h6,8,12,14-15,20-21H,3-5,7,9-11,13,17H2,1-2H3,(H3,27,28,29,30,31). The van der Waals surface area contributed by atoms with Crippen molar-refractivity contribution in [3.05, 3.63) is 41.6 Å². The minimum Gasteiger partial charge on any atom is -0.369 e. The molecule has 0 amide bonds. The fraction of sp³-hybridized carbons (Fsp3) is 0.520. The fourth-order valence-corrected chi connectivity index (χ4v) is 4.92. The molecule has 4 rings (SSSR count). The second kappa shape index (κ2) is 10.6. The zero-order valence-electron chi connectivity index (χ0n) is 19.7. The maximum atomic E-state index is 9.35.